The SMILES string of the molecule is Nc1nc(/C(=N/OC2(C(=O)O)CCCC2)C(=O)NC2C(=O)N3C(C(=O)O)=C(CNC(=O)c4cc(Br)cc(O)c4O)CS[C@H]23)cs1. The summed E-state index contributed by atoms with van der Waals surface area (Å²) in [6.45, 7) is -0.293. The number of thioether (sulfide) groups is 1. The van der Waals surface area contributed by atoms with Crippen LogP contribution in [0.15, 0.2) is 38.4 Å². The number of thiazole rings is 1. The number of phenolic OH excluding ortho intramolecular Hbond substituents is 2. The lowest BCUT2D eigenvalue weighted by atomic mass is 10.0. The molecule has 2 fully saturated rings. The van der Waals surface area contributed by atoms with Crippen molar-refractivity contribution in [1.82, 2.24) is 20.5 Å². The number of anilines is 1. The highest BCUT2D eigenvalue weighted by Crippen LogP contribution is 2.40. The zero-order chi connectivity index (χ0) is 32.6. The molecule has 2 aromatic rings. The third kappa shape index (κ3) is 6.14. The second-order valence-electron chi connectivity index (χ2n) is 10.2. The summed E-state index contributed by atoms with van der Waals surface area (Å²) in [6, 6.07) is 1.29. The Balaban J connectivity index is 1.32. The minimum absolute atomic E-state index is 0.00223. The number of carbonyl (C=O) groups excluding carboxylic acids is 3. The lowest BCUT2D eigenvalue weighted by Gasteiger charge is -2.49. The number of carboxylic acids is 2. The van der Waals surface area contributed by atoms with Gasteiger partial charge in [0, 0.05) is 35.0 Å². The predicted octanol–water partition coefficient (Wildman–Crippen LogP) is 1.19. The van der Waals surface area contributed by atoms with Gasteiger partial charge in [0.25, 0.3) is 17.7 Å². The van der Waals surface area contributed by atoms with Crippen molar-refractivity contribution in [2.45, 2.75) is 42.7 Å². The van der Waals surface area contributed by atoms with Gasteiger partial charge in [-0.2, -0.15) is 0 Å². The fraction of sp³-hybridized carbons (Fsp3) is 0.346. The monoisotopic (exact) mass is 724 g/mol. The van der Waals surface area contributed by atoms with E-state index in [1.165, 1.54) is 17.5 Å². The predicted molar refractivity (Wildman–Crippen MR) is 162 cm³/mol. The Bertz CT molecular complexity index is 1670. The number of benzene rings is 1. The summed E-state index contributed by atoms with van der Waals surface area (Å²) < 4.78 is 0.321. The van der Waals surface area contributed by atoms with E-state index in [2.05, 4.69) is 36.7 Å². The lowest BCUT2D eigenvalue weighted by molar-refractivity contribution is -0.165. The molecule has 2 aliphatic heterocycles. The first-order chi connectivity index (χ1) is 21.3. The minimum Gasteiger partial charge on any atom is -0.504 e. The average Bonchev–Trinajstić information content (AvgIpc) is 3.66. The Labute approximate surface area is 270 Å². The molecule has 3 aliphatic rings. The summed E-state index contributed by atoms with van der Waals surface area (Å²) in [6.07, 6.45) is 1.57. The van der Waals surface area contributed by atoms with Crippen LogP contribution in [0.25, 0.3) is 0 Å². The van der Waals surface area contributed by atoms with Crippen molar-refractivity contribution >= 4 is 79.5 Å². The highest BCUT2D eigenvalue weighted by molar-refractivity contribution is 9.10. The molecule has 0 radical (unpaired) electrons. The van der Waals surface area contributed by atoms with Crippen LogP contribution in [0.5, 0.6) is 11.5 Å². The van der Waals surface area contributed by atoms with Crippen molar-refractivity contribution in [2.24, 2.45) is 5.16 Å². The van der Waals surface area contributed by atoms with E-state index in [1.807, 2.05) is 0 Å². The number of rotatable bonds is 10. The number of halogens is 1. The van der Waals surface area contributed by atoms with Crippen molar-refractivity contribution in [3.8, 4) is 11.5 Å². The molecule has 0 bridgehead atoms. The molecular formula is C26H25BrN6O10S2. The molecule has 1 aliphatic carbocycles. The van der Waals surface area contributed by atoms with Gasteiger partial charge in [0.1, 0.15) is 22.8 Å². The largest absolute Gasteiger partial charge is 0.504 e. The summed E-state index contributed by atoms with van der Waals surface area (Å²) in [4.78, 5) is 73.9. The number of carboxylic acid groups (broad SMARTS) is 2. The number of hydrogen-bond acceptors (Lipinski definition) is 13. The van der Waals surface area contributed by atoms with Crippen molar-refractivity contribution in [3.63, 3.8) is 0 Å². The van der Waals surface area contributed by atoms with Gasteiger partial charge in [-0.3, -0.25) is 19.3 Å². The first-order valence-corrected chi connectivity index (χ1v) is 16.0. The topological polar surface area (TPSA) is 254 Å². The van der Waals surface area contributed by atoms with E-state index < -0.39 is 63.9 Å². The molecule has 2 atom stereocenters. The first kappa shape index (κ1) is 32.0. The molecule has 1 aromatic carbocycles. The third-order valence-electron chi connectivity index (χ3n) is 7.39. The number of nitrogens with zero attached hydrogens (tertiary/aromatic N) is 3. The number of carbonyl (C=O) groups is 5. The van der Waals surface area contributed by atoms with Crippen LogP contribution in [-0.4, -0.2) is 95.0 Å². The molecule has 16 nitrogen and oxygen atoms in total. The van der Waals surface area contributed by atoms with E-state index in [-0.39, 0.29) is 52.8 Å². The standard InChI is InChI=1S/C26H25BrN6O10S2/c27-11-5-12(18(35)14(34)6-11)19(36)29-7-10-8-44-22-16(21(38)33(22)17(10)23(39)40)31-20(37)15(13-9-45-25(28)30-13)32-43-26(24(41)42)3-1-2-4-26/h5-6,9,16,22,34-35H,1-4,7-8H2,(H2,28,30)(H,29,36)(H,31,37)(H,39,40)(H,41,42)/b32-15-/t16?,22-/m1/s1. The number of nitrogens with two attached hydrogens (primary N) is 1. The smallest absolute Gasteiger partial charge is 0.352 e. The van der Waals surface area contributed by atoms with Crippen molar-refractivity contribution in [3.05, 3.63) is 44.5 Å². The Kier molecular flexibility index (Phi) is 8.95. The third-order valence-corrected chi connectivity index (χ3v) is 9.86. The lowest BCUT2D eigenvalue weighted by Crippen LogP contribution is -2.71. The van der Waals surface area contributed by atoms with E-state index in [1.54, 1.807) is 0 Å². The zero-order valence-corrected chi connectivity index (χ0v) is 26.2. The van der Waals surface area contributed by atoms with Crippen LogP contribution >= 0.6 is 39.0 Å². The van der Waals surface area contributed by atoms with Crippen LogP contribution in [0.4, 0.5) is 5.13 Å². The van der Waals surface area contributed by atoms with Crippen LogP contribution in [-0.2, 0) is 24.0 Å². The highest BCUT2D eigenvalue weighted by Gasteiger charge is 2.54. The van der Waals surface area contributed by atoms with Gasteiger partial charge in [-0.05, 0) is 30.5 Å². The molecule has 1 saturated carbocycles. The summed E-state index contributed by atoms with van der Waals surface area (Å²) in [5.74, 6) is -6.24. The maximum atomic E-state index is 13.4. The van der Waals surface area contributed by atoms with Gasteiger partial charge >= 0.3 is 11.9 Å². The molecule has 5 rings (SSSR count). The number of aromatic nitrogens is 1. The number of β-lactam (4-membered cyclic amide) rings is 1. The molecular weight excluding hydrogens is 700 g/mol. The van der Waals surface area contributed by atoms with E-state index in [4.69, 9.17) is 10.6 Å². The molecule has 19 heteroatoms. The molecule has 45 heavy (non-hydrogen) atoms. The Hall–Kier alpha value is -4.36. The molecule has 3 heterocycles. The number of nitrogen functional groups attached to an aromatic ring is 1. The normalized spacial score (nSPS) is 20.7. The number of aliphatic carboxylic acids is 2. The van der Waals surface area contributed by atoms with E-state index in [0.717, 1.165) is 28.0 Å². The average molecular weight is 726 g/mol. The number of phenols is 2. The molecule has 1 saturated heterocycles. The zero-order valence-electron chi connectivity index (χ0n) is 23.0. The number of hydrogen-bond donors (Lipinski definition) is 7. The maximum Gasteiger partial charge on any atom is 0.352 e. The number of nitrogens with one attached hydrogen (secondary N) is 2. The molecule has 0 spiro atoms. The second-order valence-corrected chi connectivity index (χ2v) is 13.1. The number of fused-ring (bicyclic) bond motifs is 1. The molecule has 3 amide bonds. The summed E-state index contributed by atoms with van der Waals surface area (Å²) in [5, 5.41) is 49.1. The second kappa shape index (κ2) is 12.6. The van der Waals surface area contributed by atoms with Gasteiger partial charge in [0.2, 0.25) is 5.60 Å². The Morgan fingerprint density at radius 3 is 2.53 bits per heavy atom. The van der Waals surface area contributed by atoms with E-state index >= 15 is 0 Å². The quantitative estimate of drug-likeness (QED) is 0.0788. The maximum absolute atomic E-state index is 13.4. The number of aromatic hydroxyl groups is 2. The van der Waals surface area contributed by atoms with Gasteiger partial charge in [0.15, 0.2) is 22.3 Å². The molecule has 1 aromatic heterocycles. The fourth-order valence-corrected chi connectivity index (χ4v) is 7.43. The summed E-state index contributed by atoms with van der Waals surface area (Å²) in [5.41, 5.74) is 3.28. The van der Waals surface area contributed by atoms with Crippen LogP contribution < -0.4 is 16.4 Å². The molecule has 8 N–H and O–H groups in total. The Morgan fingerprint density at radius 2 is 1.91 bits per heavy atom. The Morgan fingerprint density at radius 1 is 1.20 bits per heavy atom. The molecule has 238 valence electrons. The van der Waals surface area contributed by atoms with Crippen LogP contribution in [0.3, 0.4) is 0 Å². The summed E-state index contributed by atoms with van der Waals surface area (Å²) >= 11 is 5.26. The van der Waals surface area contributed by atoms with Gasteiger partial charge in [-0.25, -0.2) is 14.6 Å². The van der Waals surface area contributed by atoms with E-state index in [0.29, 0.717) is 17.3 Å². The van der Waals surface area contributed by atoms with Gasteiger partial charge < -0.3 is 41.6 Å². The van der Waals surface area contributed by atoms with Crippen LogP contribution in [0.1, 0.15) is 41.7 Å². The number of oxime groups is 1. The van der Waals surface area contributed by atoms with Gasteiger partial charge in [0.05, 0.1) is 5.56 Å². The van der Waals surface area contributed by atoms with Crippen LogP contribution in [0, 0.1) is 0 Å². The van der Waals surface area contributed by atoms with Gasteiger partial charge in [-0.15, -0.1) is 23.1 Å². The van der Waals surface area contributed by atoms with Crippen molar-refractivity contribution in [1.29, 1.82) is 0 Å². The molecule has 1 unspecified atom stereocenters. The minimum atomic E-state index is -1.61. The highest BCUT2D eigenvalue weighted by atomic mass is 79.9. The summed E-state index contributed by atoms with van der Waals surface area (Å²) in [7, 11) is 0. The van der Waals surface area contributed by atoms with Crippen molar-refractivity contribution < 1.29 is 49.2 Å². The van der Waals surface area contributed by atoms with Gasteiger partial charge in [-0.1, -0.05) is 21.1 Å². The van der Waals surface area contributed by atoms with E-state index in [9.17, 15) is 44.4 Å². The van der Waals surface area contributed by atoms with Crippen molar-refractivity contribution in [2.75, 3.05) is 18.0 Å². The first-order valence-electron chi connectivity index (χ1n) is 13.2. The number of amides is 3. The fourth-order valence-electron chi connectivity index (χ4n) is 5.09. The van der Waals surface area contributed by atoms with Crippen LogP contribution in [0.2, 0.25) is 0 Å².